The predicted octanol–water partition coefficient (Wildman–Crippen LogP) is 3.36. The van der Waals surface area contributed by atoms with Crippen LogP contribution in [0.1, 0.15) is 32.3 Å². The molecule has 1 N–H and O–H groups in total. The van der Waals surface area contributed by atoms with Gasteiger partial charge in [0.25, 0.3) is 0 Å². The summed E-state index contributed by atoms with van der Waals surface area (Å²) in [7, 11) is 0. The first-order valence-corrected chi connectivity index (χ1v) is 5.73. The van der Waals surface area contributed by atoms with E-state index in [1.165, 1.54) is 5.56 Å². The minimum Gasteiger partial charge on any atom is -0.483 e. The smallest absolute Gasteiger partial charge is 0.146 e. The second-order valence-corrected chi connectivity index (χ2v) is 4.30. The van der Waals surface area contributed by atoms with E-state index in [9.17, 15) is 0 Å². The van der Waals surface area contributed by atoms with Gasteiger partial charge >= 0.3 is 0 Å². The maximum absolute atomic E-state index is 6.19. The van der Waals surface area contributed by atoms with Crippen LogP contribution in [0.2, 0.25) is 0 Å². The van der Waals surface area contributed by atoms with Crippen LogP contribution in [-0.2, 0) is 0 Å². The summed E-state index contributed by atoms with van der Waals surface area (Å²) in [5.74, 6) is 1.03. The fourth-order valence-electron chi connectivity index (χ4n) is 2.08. The van der Waals surface area contributed by atoms with Gasteiger partial charge in [-0.25, -0.2) is 0 Å². The summed E-state index contributed by atoms with van der Waals surface area (Å²) >= 11 is 0. The summed E-state index contributed by atoms with van der Waals surface area (Å²) in [5.41, 5.74) is 2.33. The second kappa shape index (κ2) is 3.76. The SMILES string of the molecule is CCC1(CC)CNc2cccc(C)c2O1. The summed E-state index contributed by atoms with van der Waals surface area (Å²) in [6.07, 6.45) is 2.09. The van der Waals surface area contributed by atoms with Gasteiger partial charge in [0, 0.05) is 0 Å². The monoisotopic (exact) mass is 205 g/mol. The third-order valence-electron chi connectivity index (χ3n) is 3.42. The van der Waals surface area contributed by atoms with Crippen LogP contribution >= 0.6 is 0 Å². The molecule has 0 unspecified atom stereocenters. The Morgan fingerprint density at radius 1 is 1.33 bits per heavy atom. The van der Waals surface area contributed by atoms with E-state index < -0.39 is 0 Å². The minimum absolute atomic E-state index is 0.0148. The average molecular weight is 205 g/mol. The Bertz CT molecular complexity index is 356. The number of anilines is 1. The molecular formula is C13H19NO. The lowest BCUT2D eigenvalue weighted by Crippen LogP contribution is -2.45. The third kappa shape index (κ3) is 1.69. The lowest BCUT2D eigenvalue weighted by molar-refractivity contribution is 0.0662. The van der Waals surface area contributed by atoms with Crippen LogP contribution in [0.25, 0.3) is 0 Å². The zero-order valence-corrected chi connectivity index (χ0v) is 9.76. The van der Waals surface area contributed by atoms with Gasteiger partial charge in [-0.15, -0.1) is 0 Å². The molecule has 1 aromatic carbocycles. The normalized spacial score (nSPS) is 17.5. The molecule has 1 aromatic rings. The summed E-state index contributed by atoms with van der Waals surface area (Å²) in [6, 6.07) is 6.24. The highest BCUT2D eigenvalue weighted by Gasteiger charge is 2.33. The quantitative estimate of drug-likeness (QED) is 0.799. The van der Waals surface area contributed by atoms with E-state index in [2.05, 4.69) is 44.3 Å². The molecule has 0 radical (unpaired) electrons. The summed E-state index contributed by atoms with van der Waals surface area (Å²) in [4.78, 5) is 0. The van der Waals surface area contributed by atoms with E-state index in [0.29, 0.717) is 0 Å². The minimum atomic E-state index is -0.0148. The maximum atomic E-state index is 6.19. The molecule has 2 heteroatoms. The van der Waals surface area contributed by atoms with Gasteiger partial charge in [0.2, 0.25) is 0 Å². The molecule has 1 aliphatic rings. The van der Waals surface area contributed by atoms with Crippen molar-refractivity contribution in [3.05, 3.63) is 23.8 Å². The van der Waals surface area contributed by atoms with Gasteiger partial charge in [-0.05, 0) is 31.4 Å². The zero-order valence-electron chi connectivity index (χ0n) is 9.76. The van der Waals surface area contributed by atoms with Crippen molar-refractivity contribution in [2.45, 2.75) is 39.2 Å². The fourth-order valence-corrected chi connectivity index (χ4v) is 2.08. The molecule has 1 heterocycles. The van der Waals surface area contributed by atoms with Gasteiger partial charge < -0.3 is 10.1 Å². The standard InChI is InChI=1S/C13H19NO/c1-4-13(5-2)9-14-11-8-6-7-10(3)12(11)15-13/h6-8,14H,4-5,9H2,1-3H3. The Morgan fingerprint density at radius 3 is 2.73 bits per heavy atom. The van der Waals surface area contributed by atoms with Crippen molar-refractivity contribution >= 4 is 5.69 Å². The largest absolute Gasteiger partial charge is 0.483 e. The van der Waals surface area contributed by atoms with E-state index in [1.807, 2.05) is 0 Å². The van der Waals surface area contributed by atoms with Crippen LogP contribution in [0.4, 0.5) is 5.69 Å². The van der Waals surface area contributed by atoms with Crippen molar-refractivity contribution in [1.29, 1.82) is 0 Å². The van der Waals surface area contributed by atoms with Gasteiger partial charge in [0.05, 0.1) is 12.2 Å². The molecule has 1 aliphatic heterocycles. The van der Waals surface area contributed by atoms with Crippen LogP contribution in [0.5, 0.6) is 5.75 Å². The van der Waals surface area contributed by atoms with E-state index in [0.717, 1.165) is 30.8 Å². The topological polar surface area (TPSA) is 21.3 Å². The van der Waals surface area contributed by atoms with Crippen LogP contribution in [0, 0.1) is 6.92 Å². The molecule has 0 amide bonds. The number of ether oxygens (including phenoxy) is 1. The number of nitrogens with one attached hydrogen (secondary N) is 1. The Hall–Kier alpha value is -1.18. The second-order valence-electron chi connectivity index (χ2n) is 4.30. The number of aryl methyl sites for hydroxylation is 1. The molecule has 0 aromatic heterocycles. The van der Waals surface area contributed by atoms with Crippen LogP contribution in [0.3, 0.4) is 0 Å². The first-order valence-electron chi connectivity index (χ1n) is 5.73. The molecular weight excluding hydrogens is 186 g/mol. The number of rotatable bonds is 2. The highest BCUT2D eigenvalue weighted by atomic mass is 16.5. The van der Waals surface area contributed by atoms with Gasteiger partial charge in [-0.1, -0.05) is 26.0 Å². The van der Waals surface area contributed by atoms with Crippen molar-refractivity contribution in [3.8, 4) is 5.75 Å². The van der Waals surface area contributed by atoms with Crippen molar-refractivity contribution in [3.63, 3.8) is 0 Å². The Balaban J connectivity index is 2.36. The van der Waals surface area contributed by atoms with Gasteiger partial charge in [0.1, 0.15) is 11.4 Å². The Kier molecular flexibility index (Phi) is 2.59. The summed E-state index contributed by atoms with van der Waals surface area (Å²) < 4.78 is 6.19. The molecule has 0 saturated heterocycles. The summed E-state index contributed by atoms with van der Waals surface area (Å²) in [6.45, 7) is 7.39. The zero-order chi connectivity index (χ0) is 10.9. The van der Waals surface area contributed by atoms with Crippen LogP contribution in [0.15, 0.2) is 18.2 Å². The molecule has 0 spiro atoms. The highest BCUT2D eigenvalue weighted by molar-refractivity contribution is 5.61. The predicted molar refractivity (Wildman–Crippen MR) is 63.6 cm³/mol. The van der Waals surface area contributed by atoms with Crippen molar-refractivity contribution < 1.29 is 4.74 Å². The van der Waals surface area contributed by atoms with Crippen molar-refractivity contribution in [2.24, 2.45) is 0 Å². The molecule has 0 bridgehead atoms. The molecule has 2 nitrogen and oxygen atoms in total. The van der Waals surface area contributed by atoms with E-state index in [4.69, 9.17) is 4.74 Å². The van der Waals surface area contributed by atoms with E-state index in [1.54, 1.807) is 0 Å². The van der Waals surface area contributed by atoms with Gasteiger partial charge in [-0.2, -0.15) is 0 Å². The van der Waals surface area contributed by atoms with Crippen molar-refractivity contribution in [2.75, 3.05) is 11.9 Å². The van der Waals surface area contributed by atoms with Gasteiger partial charge in [0.15, 0.2) is 0 Å². The molecule has 15 heavy (non-hydrogen) atoms. The molecule has 0 atom stereocenters. The third-order valence-corrected chi connectivity index (χ3v) is 3.42. The number of hydrogen-bond donors (Lipinski definition) is 1. The molecule has 2 rings (SSSR count). The van der Waals surface area contributed by atoms with E-state index in [-0.39, 0.29) is 5.60 Å². The molecule has 0 fully saturated rings. The fraction of sp³-hybridized carbons (Fsp3) is 0.538. The van der Waals surface area contributed by atoms with E-state index >= 15 is 0 Å². The maximum Gasteiger partial charge on any atom is 0.146 e. The Morgan fingerprint density at radius 2 is 2.07 bits per heavy atom. The lowest BCUT2D eigenvalue weighted by atomic mass is 9.94. The first-order chi connectivity index (χ1) is 7.21. The first kappa shape index (κ1) is 10.3. The molecule has 0 saturated carbocycles. The van der Waals surface area contributed by atoms with Crippen LogP contribution in [-0.4, -0.2) is 12.1 Å². The lowest BCUT2D eigenvalue weighted by Gasteiger charge is -2.38. The number of hydrogen-bond acceptors (Lipinski definition) is 2. The number of fused-ring (bicyclic) bond motifs is 1. The number of para-hydroxylation sites is 1. The average Bonchev–Trinajstić information content (AvgIpc) is 2.29. The Labute approximate surface area is 91.6 Å². The van der Waals surface area contributed by atoms with Crippen molar-refractivity contribution in [1.82, 2.24) is 0 Å². The van der Waals surface area contributed by atoms with Gasteiger partial charge in [-0.3, -0.25) is 0 Å². The molecule has 82 valence electrons. The highest BCUT2D eigenvalue weighted by Crippen LogP contribution is 2.38. The summed E-state index contributed by atoms with van der Waals surface area (Å²) in [5, 5.41) is 3.47. The number of benzene rings is 1. The molecule has 0 aliphatic carbocycles. The van der Waals surface area contributed by atoms with Crippen LogP contribution < -0.4 is 10.1 Å².